The second-order valence-corrected chi connectivity index (χ2v) is 7.26. The minimum absolute atomic E-state index is 0.0708. The number of amides is 1. The summed E-state index contributed by atoms with van der Waals surface area (Å²) in [5.41, 5.74) is 6.64. The molecule has 0 radical (unpaired) electrons. The Morgan fingerprint density at radius 3 is 2.95 bits per heavy atom. The first-order valence-electron chi connectivity index (χ1n) is 7.08. The molecule has 1 saturated carbocycles. The number of thioether (sulfide) groups is 1. The zero-order valence-electron chi connectivity index (χ0n) is 11.3. The Morgan fingerprint density at radius 1 is 1.50 bits per heavy atom. The number of hydrogen-bond acceptors (Lipinski definition) is 3. The number of nitrogens with one attached hydrogen (secondary N) is 1. The molecule has 0 bridgehead atoms. The van der Waals surface area contributed by atoms with Gasteiger partial charge in [-0.25, -0.2) is 0 Å². The monoisotopic (exact) mass is 310 g/mol. The van der Waals surface area contributed by atoms with E-state index in [0.717, 1.165) is 42.0 Å². The van der Waals surface area contributed by atoms with Crippen molar-refractivity contribution in [2.24, 2.45) is 11.1 Å². The molecule has 3 nitrogen and oxygen atoms in total. The number of carbonyl (C=O) groups excluding carboxylic acids is 1. The van der Waals surface area contributed by atoms with Gasteiger partial charge in [-0.15, -0.1) is 11.8 Å². The van der Waals surface area contributed by atoms with Gasteiger partial charge >= 0.3 is 0 Å². The largest absolute Gasteiger partial charge is 0.349 e. The van der Waals surface area contributed by atoms with E-state index < -0.39 is 0 Å². The summed E-state index contributed by atoms with van der Waals surface area (Å²) >= 11 is 7.92. The van der Waals surface area contributed by atoms with Crippen LogP contribution in [0.3, 0.4) is 0 Å². The van der Waals surface area contributed by atoms with Crippen molar-refractivity contribution in [1.82, 2.24) is 5.32 Å². The topological polar surface area (TPSA) is 55.1 Å². The molecule has 0 saturated heterocycles. The van der Waals surface area contributed by atoms with Crippen LogP contribution in [0.5, 0.6) is 0 Å². The molecule has 1 aliphatic carbocycles. The van der Waals surface area contributed by atoms with E-state index in [1.165, 1.54) is 4.90 Å². The van der Waals surface area contributed by atoms with Crippen molar-refractivity contribution in [1.29, 1.82) is 0 Å². The predicted molar refractivity (Wildman–Crippen MR) is 83.0 cm³/mol. The minimum atomic E-state index is -0.316. The Labute approximate surface area is 128 Å². The van der Waals surface area contributed by atoms with Crippen molar-refractivity contribution < 1.29 is 4.79 Å². The lowest BCUT2D eigenvalue weighted by Crippen LogP contribution is -2.51. The highest BCUT2D eigenvalue weighted by atomic mass is 35.5. The molecule has 1 aliphatic heterocycles. The second-order valence-electron chi connectivity index (χ2n) is 5.68. The van der Waals surface area contributed by atoms with E-state index in [1.54, 1.807) is 0 Å². The van der Waals surface area contributed by atoms with Crippen LogP contribution in [-0.4, -0.2) is 18.2 Å². The molecule has 0 spiro atoms. The fraction of sp³-hybridized carbons (Fsp3) is 0.533. The van der Waals surface area contributed by atoms with Crippen molar-refractivity contribution >= 4 is 29.3 Å². The average Bonchev–Trinajstić information content (AvgIpc) is 2.39. The van der Waals surface area contributed by atoms with Crippen molar-refractivity contribution in [3.63, 3.8) is 0 Å². The highest BCUT2D eigenvalue weighted by molar-refractivity contribution is 7.99. The number of halogens is 1. The summed E-state index contributed by atoms with van der Waals surface area (Å²) in [4.78, 5) is 13.7. The molecule has 2 aliphatic rings. The quantitative estimate of drug-likeness (QED) is 0.902. The van der Waals surface area contributed by atoms with Crippen LogP contribution < -0.4 is 11.1 Å². The van der Waals surface area contributed by atoms with E-state index in [0.29, 0.717) is 6.54 Å². The minimum Gasteiger partial charge on any atom is -0.349 e. The Bertz CT molecular complexity index is 525. The summed E-state index contributed by atoms with van der Waals surface area (Å²) in [5.74, 6) is 1.14. The number of fused-ring (bicyclic) bond motifs is 1. The van der Waals surface area contributed by atoms with Gasteiger partial charge in [-0.1, -0.05) is 18.0 Å². The summed E-state index contributed by atoms with van der Waals surface area (Å²) < 4.78 is 0. The molecular weight excluding hydrogens is 292 g/mol. The van der Waals surface area contributed by atoms with Crippen molar-refractivity contribution in [2.75, 3.05) is 12.3 Å². The fourth-order valence-electron chi connectivity index (χ4n) is 2.95. The van der Waals surface area contributed by atoms with Crippen LogP contribution in [-0.2, 0) is 4.79 Å². The van der Waals surface area contributed by atoms with Crippen molar-refractivity contribution in [3.8, 4) is 0 Å². The average molecular weight is 311 g/mol. The van der Waals surface area contributed by atoms with Gasteiger partial charge in [0.25, 0.3) is 0 Å². The first kappa shape index (κ1) is 14.2. The number of hydrogen-bond donors (Lipinski definition) is 2. The molecule has 1 aromatic carbocycles. The maximum atomic E-state index is 12.5. The SMILES string of the molecule is NCC1(C(=O)NC2CCSc3ccc(Cl)cc32)CCC1. The Kier molecular flexibility index (Phi) is 3.98. The third kappa shape index (κ3) is 2.45. The van der Waals surface area contributed by atoms with Gasteiger partial charge in [-0.3, -0.25) is 4.79 Å². The van der Waals surface area contributed by atoms with E-state index in [-0.39, 0.29) is 17.4 Å². The molecule has 1 atom stereocenters. The molecule has 108 valence electrons. The zero-order valence-corrected chi connectivity index (χ0v) is 12.9. The molecular formula is C15H19ClN2OS. The third-order valence-corrected chi connectivity index (χ3v) is 5.86. The predicted octanol–water partition coefficient (Wildman–Crippen LogP) is 3.12. The van der Waals surface area contributed by atoms with Gasteiger partial charge in [0.05, 0.1) is 11.5 Å². The van der Waals surface area contributed by atoms with Crippen LogP contribution >= 0.6 is 23.4 Å². The Morgan fingerprint density at radius 2 is 2.30 bits per heavy atom. The van der Waals surface area contributed by atoms with Crippen LogP contribution in [0.25, 0.3) is 0 Å². The molecule has 0 aromatic heterocycles. The lowest BCUT2D eigenvalue weighted by Gasteiger charge is -2.40. The smallest absolute Gasteiger partial charge is 0.227 e. The van der Waals surface area contributed by atoms with Crippen LogP contribution in [0.15, 0.2) is 23.1 Å². The van der Waals surface area contributed by atoms with Crippen LogP contribution in [0.1, 0.15) is 37.3 Å². The van der Waals surface area contributed by atoms with Crippen LogP contribution in [0, 0.1) is 5.41 Å². The van der Waals surface area contributed by atoms with E-state index in [9.17, 15) is 4.79 Å². The maximum Gasteiger partial charge on any atom is 0.227 e. The van der Waals surface area contributed by atoms with E-state index >= 15 is 0 Å². The van der Waals surface area contributed by atoms with E-state index in [4.69, 9.17) is 17.3 Å². The third-order valence-electron chi connectivity index (χ3n) is 4.50. The van der Waals surface area contributed by atoms with Crippen LogP contribution in [0.2, 0.25) is 5.02 Å². The molecule has 3 rings (SSSR count). The maximum absolute atomic E-state index is 12.5. The number of carbonyl (C=O) groups is 1. The van der Waals surface area contributed by atoms with Crippen molar-refractivity contribution in [3.05, 3.63) is 28.8 Å². The molecule has 3 N–H and O–H groups in total. The molecule has 1 heterocycles. The van der Waals surface area contributed by atoms with Gasteiger partial charge in [0.15, 0.2) is 0 Å². The molecule has 1 amide bonds. The number of benzene rings is 1. The highest BCUT2D eigenvalue weighted by Gasteiger charge is 2.43. The van der Waals surface area contributed by atoms with Gasteiger partial charge in [0, 0.05) is 22.2 Å². The highest BCUT2D eigenvalue weighted by Crippen LogP contribution is 2.42. The van der Waals surface area contributed by atoms with Crippen LogP contribution in [0.4, 0.5) is 0 Å². The number of rotatable bonds is 3. The van der Waals surface area contributed by atoms with Gasteiger partial charge in [0.1, 0.15) is 0 Å². The summed E-state index contributed by atoms with van der Waals surface area (Å²) in [6, 6.07) is 6.00. The van der Waals surface area contributed by atoms with Gasteiger partial charge in [-0.05, 0) is 43.0 Å². The summed E-state index contributed by atoms with van der Waals surface area (Å²) in [5, 5.41) is 3.93. The molecule has 1 fully saturated rings. The first-order valence-corrected chi connectivity index (χ1v) is 8.44. The number of nitrogens with two attached hydrogens (primary N) is 1. The normalized spacial score (nSPS) is 23.6. The van der Waals surface area contributed by atoms with E-state index in [1.807, 2.05) is 30.0 Å². The molecule has 20 heavy (non-hydrogen) atoms. The lowest BCUT2D eigenvalue weighted by atomic mass is 9.68. The van der Waals surface area contributed by atoms with Gasteiger partial charge in [-0.2, -0.15) is 0 Å². The molecule has 1 unspecified atom stereocenters. The van der Waals surface area contributed by atoms with Gasteiger partial charge < -0.3 is 11.1 Å². The van der Waals surface area contributed by atoms with Gasteiger partial charge in [0.2, 0.25) is 5.91 Å². The Balaban J connectivity index is 1.79. The zero-order chi connectivity index (χ0) is 14.2. The summed E-state index contributed by atoms with van der Waals surface area (Å²) in [7, 11) is 0. The Hall–Kier alpha value is -0.710. The van der Waals surface area contributed by atoms with E-state index in [2.05, 4.69) is 5.32 Å². The lowest BCUT2D eigenvalue weighted by molar-refractivity contribution is -0.136. The molecule has 1 aromatic rings. The molecule has 5 heteroatoms. The fourth-order valence-corrected chi connectivity index (χ4v) is 4.24. The standard InChI is InChI=1S/C15H19ClN2OS/c16-10-2-3-13-11(8-10)12(4-7-20-13)18-14(19)15(9-17)5-1-6-15/h2-3,8,12H,1,4-7,9,17H2,(H,18,19). The second kappa shape index (κ2) is 5.58. The first-order chi connectivity index (χ1) is 9.64. The van der Waals surface area contributed by atoms with Crippen molar-refractivity contribution in [2.45, 2.75) is 36.6 Å². The summed E-state index contributed by atoms with van der Waals surface area (Å²) in [6.07, 6.45) is 3.89. The summed E-state index contributed by atoms with van der Waals surface area (Å²) in [6.45, 7) is 0.447.